The van der Waals surface area contributed by atoms with E-state index in [1.54, 1.807) is 11.2 Å². The molecule has 146 valence electrons. The molecule has 0 amide bonds. The highest BCUT2D eigenvalue weighted by molar-refractivity contribution is 7.89. The van der Waals surface area contributed by atoms with Gasteiger partial charge in [-0.2, -0.15) is 4.31 Å². The van der Waals surface area contributed by atoms with Crippen molar-refractivity contribution in [3.63, 3.8) is 0 Å². The maximum Gasteiger partial charge on any atom is 0.243 e. The van der Waals surface area contributed by atoms with E-state index in [4.69, 9.17) is 0 Å². The summed E-state index contributed by atoms with van der Waals surface area (Å²) < 4.78 is 41.1. The number of sulfonamides is 1. The second-order valence-electron chi connectivity index (χ2n) is 7.40. The molecule has 1 heterocycles. The molecule has 1 aliphatic heterocycles. The van der Waals surface area contributed by atoms with E-state index in [2.05, 4.69) is 30.9 Å². The zero-order valence-corrected chi connectivity index (χ0v) is 16.9. The van der Waals surface area contributed by atoms with Crippen molar-refractivity contribution in [2.45, 2.75) is 44.2 Å². The summed E-state index contributed by atoms with van der Waals surface area (Å²) >= 11 is 0. The summed E-state index contributed by atoms with van der Waals surface area (Å²) in [7, 11) is -3.63. The summed E-state index contributed by atoms with van der Waals surface area (Å²) in [5, 5.41) is 0. The molecule has 0 radical (unpaired) electrons. The van der Waals surface area contributed by atoms with Gasteiger partial charge in [0, 0.05) is 31.7 Å². The number of hydrogen-bond acceptors (Lipinski definition) is 3. The Morgan fingerprint density at radius 1 is 1.04 bits per heavy atom. The highest BCUT2D eigenvalue weighted by Gasteiger charge is 2.36. The van der Waals surface area contributed by atoms with Crippen molar-refractivity contribution in [2.75, 3.05) is 19.6 Å². The summed E-state index contributed by atoms with van der Waals surface area (Å²) in [5.41, 5.74) is 1.73. The van der Waals surface area contributed by atoms with Gasteiger partial charge >= 0.3 is 0 Å². The fourth-order valence-corrected chi connectivity index (χ4v) is 5.70. The fraction of sp³-hybridized carbons (Fsp3) is 0.429. The van der Waals surface area contributed by atoms with E-state index in [0.717, 1.165) is 13.0 Å². The third-order valence-corrected chi connectivity index (χ3v) is 7.32. The topological polar surface area (TPSA) is 40.6 Å². The van der Waals surface area contributed by atoms with Crippen LogP contribution in [0.2, 0.25) is 0 Å². The molecule has 0 aromatic heterocycles. The van der Waals surface area contributed by atoms with Crippen LogP contribution in [-0.4, -0.2) is 49.3 Å². The summed E-state index contributed by atoms with van der Waals surface area (Å²) in [6.07, 6.45) is 0.944. The highest BCUT2D eigenvalue weighted by Crippen LogP contribution is 2.25. The molecule has 3 rings (SSSR count). The number of piperazine rings is 1. The van der Waals surface area contributed by atoms with Crippen LogP contribution in [0.5, 0.6) is 0 Å². The first kappa shape index (κ1) is 20.0. The van der Waals surface area contributed by atoms with E-state index in [9.17, 15) is 12.8 Å². The lowest BCUT2D eigenvalue weighted by Crippen LogP contribution is -2.58. The van der Waals surface area contributed by atoms with Gasteiger partial charge in [0.2, 0.25) is 10.0 Å². The molecule has 0 N–H and O–H groups in total. The fourth-order valence-electron chi connectivity index (χ4n) is 3.89. The second-order valence-corrected chi connectivity index (χ2v) is 9.31. The van der Waals surface area contributed by atoms with Gasteiger partial charge in [0.15, 0.2) is 0 Å². The zero-order chi connectivity index (χ0) is 19.6. The molecule has 2 aromatic carbocycles. The average Bonchev–Trinajstić information content (AvgIpc) is 2.61. The van der Waals surface area contributed by atoms with Gasteiger partial charge in [0.05, 0.1) is 4.90 Å². The molecule has 27 heavy (non-hydrogen) atoms. The minimum Gasteiger partial charge on any atom is -0.295 e. The van der Waals surface area contributed by atoms with Crippen molar-refractivity contribution in [1.29, 1.82) is 0 Å². The van der Waals surface area contributed by atoms with Gasteiger partial charge in [0.25, 0.3) is 0 Å². The first-order valence-electron chi connectivity index (χ1n) is 9.35. The van der Waals surface area contributed by atoms with Crippen molar-refractivity contribution >= 4 is 10.0 Å². The number of halogens is 1. The Balaban J connectivity index is 1.72. The quantitative estimate of drug-likeness (QED) is 0.785. The van der Waals surface area contributed by atoms with Crippen molar-refractivity contribution in [1.82, 2.24) is 9.21 Å². The van der Waals surface area contributed by atoms with Crippen LogP contribution in [0, 0.1) is 12.7 Å². The standard InChI is InChI=1S/C21H27FN2O2S/c1-16-13-20(22)9-10-21(16)27(25,26)23-14-17(2)24(18(3)15-23)12-11-19-7-5-4-6-8-19/h4-10,13,17-18H,11-12,14-15H2,1-3H3. The van der Waals surface area contributed by atoms with Crippen molar-refractivity contribution in [2.24, 2.45) is 0 Å². The molecular weight excluding hydrogens is 363 g/mol. The van der Waals surface area contributed by atoms with Gasteiger partial charge in [-0.25, -0.2) is 12.8 Å². The summed E-state index contributed by atoms with van der Waals surface area (Å²) in [6.45, 7) is 7.56. The van der Waals surface area contributed by atoms with Crippen LogP contribution in [0.3, 0.4) is 0 Å². The lowest BCUT2D eigenvalue weighted by molar-refractivity contribution is 0.0783. The lowest BCUT2D eigenvalue weighted by Gasteiger charge is -2.44. The van der Waals surface area contributed by atoms with Crippen molar-refractivity contribution in [3.05, 3.63) is 65.5 Å². The smallest absolute Gasteiger partial charge is 0.243 e. The van der Waals surface area contributed by atoms with Crippen LogP contribution in [0.1, 0.15) is 25.0 Å². The van der Waals surface area contributed by atoms with Crippen LogP contribution in [0.4, 0.5) is 4.39 Å². The minimum atomic E-state index is -3.63. The predicted molar refractivity (Wildman–Crippen MR) is 106 cm³/mol. The monoisotopic (exact) mass is 390 g/mol. The van der Waals surface area contributed by atoms with Crippen LogP contribution >= 0.6 is 0 Å². The summed E-state index contributed by atoms with van der Waals surface area (Å²) in [6, 6.07) is 14.4. The first-order chi connectivity index (χ1) is 12.8. The number of aryl methyl sites for hydroxylation is 1. The number of benzene rings is 2. The van der Waals surface area contributed by atoms with Gasteiger partial charge in [-0.05, 0) is 56.5 Å². The normalized spacial score (nSPS) is 22.1. The Kier molecular flexibility index (Phi) is 5.99. The molecule has 6 heteroatoms. The second kappa shape index (κ2) is 8.09. The van der Waals surface area contributed by atoms with E-state index in [1.165, 1.54) is 23.8 Å². The van der Waals surface area contributed by atoms with Gasteiger partial charge in [-0.1, -0.05) is 30.3 Å². The Morgan fingerprint density at radius 3 is 2.26 bits per heavy atom. The summed E-state index contributed by atoms with van der Waals surface area (Å²) in [5.74, 6) is -0.418. The molecule has 2 aromatic rings. The first-order valence-corrected chi connectivity index (χ1v) is 10.8. The summed E-state index contributed by atoms with van der Waals surface area (Å²) in [4.78, 5) is 2.57. The molecule has 2 unspecified atom stereocenters. The number of rotatable bonds is 5. The number of nitrogens with zero attached hydrogens (tertiary/aromatic N) is 2. The van der Waals surface area contributed by atoms with E-state index < -0.39 is 15.8 Å². The van der Waals surface area contributed by atoms with E-state index in [1.807, 2.05) is 18.2 Å². The van der Waals surface area contributed by atoms with Crippen LogP contribution in [-0.2, 0) is 16.4 Å². The average molecular weight is 391 g/mol. The lowest BCUT2D eigenvalue weighted by atomic mass is 10.1. The molecule has 0 spiro atoms. The van der Waals surface area contributed by atoms with Crippen molar-refractivity contribution < 1.29 is 12.8 Å². The Hall–Kier alpha value is -1.76. The molecule has 1 aliphatic rings. The minimum absolute atomic E-state index is 0.119. The van der Waals surface area contributed by atoms with Crippen molar-refractivity contribution in [3.8, 4) is 0 Å². The third kappa shape index (κ3) is 4.39. The maximum atomic E-state index is 13.4. The van der Waals surface area contributed by atoms with Crippen LogP contribution < -0.4 is 0 Å². The van der Waals surface area contributed by atoms with E-state index in [0.29, 0.717) is 18.7 Å². The molecule has 1 fully saturated rings. The molecule has 4 nitrogen and oxygen atoms in total. The number of hydrogen-bond donors (Lipinski definition) is 0. The largest absolute Gasteiger partial charge is 0.295 e. The SMILES string of the molecule is Cc1cc(F)ccc1S(=O)(=O)N1CC(C)N(CCc2ccccc2)C(C)C1. The molecule has 0 bridgehead atoms. The van der Waals surface area contributed by atoms with Gasteiger partial charge in [-0.3, -0.25) is 4.90 Å². The van der Waals surface area contributed by atoms with Crippen LogP contribution in [0.15, 0.2) is 53.4 Å². The molecule has 0 saturated carbocycles. The molecule has 1 saturated heterocycles. The van der Waals surface area contributed by atoms with E-state index in [-0.39, 0.29) is 17.0 Å². The van der Waals surface area contributed by atoms with E-state index >= 15 is 0 Å². The maximum absolute atomic E-state index is 13.4. The van der Waals surface area contributed by atoms with Gasteiger partial charge < -0.3 is 0 Å². The third-order valence-electron chi connectivity index (χ3n) is 5.32. The Morgan fingerprint density at radius 2 is 1.67 bits per heavy atom. The molecule has 0 aliphatic carbocycles. The Bertz CT molecular complexity index is 874. The van der Waals surface area contributed by atoms with Crippen LogP contribution in [0.25, 0.3) is 0 Å². The molecule has 2 atom stereocenters. The zero-order valence-electron chi connectivity index (χ0n) is 16.1. The Labute approximate surface area is 161 Å². The van der Waals surface area contributed by atoms with Gasteiger partial charge in [-0.15, -0.1) is 0 Å². The molecular formula is C21H27FN2O2S. The highest BCUT2D eigenvalue weighted by atomic mass is 32.2. The van der Waals surface area contributed by atoms with Gasteiger partial charge in [0.1, 0.15) is 5.82 Å². The predicted octanol–water partition coefficient (Wildman–Crippen LogP) is 3.46.